The average Bonchev–Trinajstić information content (AvgIpc) is 2.77. The SMILES string of the molecule is CCCCc1ccc(N=Nc2ccc(N=Nc3ccc(CCC)cc3)cc2)cc1. The standard InChI is InChI=1S/C25H28N4/c1-3-5-7-21-10-14-23(15-11-21)27-29-25-18-16-24(17-19-25)28-26-22-12-8-20(6-4-2)9-13-22/h8-19H,3-7H2,1-2H3. The molecule has 0 spiro atoms. The molecule has 29 heavy (non-hydrogen) atoms. The van der Waals surface area contributed by atoms with Gasteiger partial charge in [0, 0.05) is 0 Å². The van der Waals surface area contributed by atoms with Gasteiger partial charge in [-0.3, -0.25) is 0 Å². The molecule has 0 saturated carbocycles. The first kappa shape index (κ1) is 20.6. The van der Waals surface area contributed by atoms with Crippen molar-refractivity contribution in [3.63, 3.8) is 0 Å². The maximum Gasteiger partial charge on any atom is 0.0858 e. The van der Waals surface area contributed by atoms with Gasteiger partial charge in [0.15, 0.2) is 0 Å². The highest BCUT2D eigenvalue weighted by molar-refractivity contribution is 5.48. The summed E-state index contributed by atoms with van der Waals surface area (Å²) < 4.78 is 0. The monoisotopic (exact) mass is 384 g/mol. The molecule has 4 nitrogen and oxygen atoms in total. The molecule has 3 rings (SSSR count). The second-order valence-corrected chi connectivity index (χ2v) is 7.10. The van der Waals surface area contributed by atoms with E-state index < -0.39 is 0 Å². The first-order valence-corrected chi connectivity index (χ1v) is 10.4. The maximum atomic E-state index is 4.32. The summed E-state index contributed by atoms with van der Waals surface area (Å²) in [6.45, 7) is 4.39. The quantitative estimate of drug-likeness (QED) is 0.331. The van der Waals surface area contributed by atoms with Crippen LogP contribution in [0, 0.1) is 0 Å². The molecule has 4 heteroatoms. The van der Waals surface area contributed by atoms with Crippen LogP contribution in [0.2, 0.25) is 0 Å². The molecule has 0 heterocycles. The molecule has 0 aliphatic carbocycles. The first-order chi connectivity index (χ1) is 14.3. The van der Waals surface area contributed by atoms with Crippen molar-refractivity contribution in [1.29, 1.82) is 0 Å². The average molecular weight is 385 g/mol. The summed E-state index contributed by atoms with van der Waals surface area (Å²) in [7, 11) is 0. The van der Waals surface area contributed by atoms with Crippen LogP contribution >= 0.6 is 0 Å². The van der Waals surface area contributed by atoms with Crippen LogP contribution in [0.3, 0.4) is 0 Å². The summed E-state index contributed by atoms with van der Waals surface area (Å²) in [5.74, 6) is 0. The predicted molar refractivity (Wildman–Crippen MR) is 120 cm³/mol. The van der Waals surface area contributed by atoms with E-state index in [1.165, 1.54) is 24.0 Å². The van der Waals surface area contributed by atoms with Crippen LogP contribution in [0.4, 0.5) is 22.7 Å². The van der Waals surface area contributed by atoms with Crippen molar-refractivity contribution in [1.82, 2.24) is 0 Å². The number of nitrogens with zero attached hydrogens (tertiary/aromatic N) is 4. The topological polar surface area (TPSA) is 49.4 Å². The Morgan fingerprint density at radius 3 is 1.14 bits per heavy atom. The fraction of sp³-hybridized carbons (Fsp3) is 0.280. The van der Waals surface area contributed by atoms with Gasteiger partial charge in [0.05, 0.1) is 22.7 Å². The molecule has 0 unspecified atom stereocenters. The van der Waals surface area contributed by atoms with E-state index in [1.807, 2.05) is 48.5 Å². The van der Waals surface area contributed by atoms with Gasteiger partial charge in [-0.05, 0) is 78.9 Å². The Bertz CT molecular complexity index is 924. The molecule has 0 aliphatic heterocycles. The highest BCUT2D eigenvalue weighted by Crippen LogP contribution is 2.24. The summed E-state index contributed by atoms with van der Waals surface area (Å²) in [5, 5.41) is 17.2. The van der Waals surface area contributed by atoms with Gasteiger partial charge < -0.3 is 0 Å². The smallest absolute Gasteiger partial charge is 0.0858 e. The van der Waals surface area contributed by atoms with Gasteiger partial charge in [-0.25, -0.2) is 0 Å². The van der Waals surface area contributed by atoms with E-state index in [4.69, 9.17) is 0 Å². The highest BCUT2D eigenvalue weighted by Gasteiger charge is 1.96. The zero-order chi connectivity index (χ0) is 20.3. The van der Waals surface area contributed by atoms with Gasteiger partial charge in [-0.2, -0.15) is 20.5 Å². The fourth-order valence-corrected chi connectivity index (χ4v) is 2.95. The molecule has 0 amide bonds. The second-order valence-electron chi connectivity index (χ2n) is 7.10. The predicted octanol–water partition coefficient (Wildman–Crippen LogP) is 8.81. The molecular formula is C25H28N4. The third-order valence-corrected chi connectivity index (χ3v) is 4.64. The molecule has 3 aromatic carbocycles. The van der Waals surface area contributed by atoms with Crippen LogP contribution < -0.4 is 0 Å². The Morgan fingerprint density at radius 2 is 0.793 bits per heavy atom. The summed E-state index contributed by atoms with van der Waals surface area (Å²) in [6, 6.07) is 24.1. The largest absolute Gasteiger partial charge is 0.151 e. The van der Waals surface area contributed by atoms with Gasteiger partial charge in [0.25, 0.3) is 0 Å². The second kappa shape index (κ2) is 11.0. The number of azo groups is 2. The number of benzene rings is 3. The molecule has 3 aromatic rings. The highest BCUT2D eigenvalue weighted by atomic mass is 15.1. The molecule has 0 N–H and O–H groups in total. The molecule has 0 radical (unpaired) electrons. The molecular weight excluding hydrogens is 356 g/mol. The molecule has 0 aliphatic rings. The first-order valence-electron chi connectivity index (χ1n) is 10.4. The molecule has 148 valence electrons. The van der Waals surface area contributed by atoms with Crippen molar-refractivity contribution in [2.75, 3.05) is 0 Å². The zero-order valence-electron chi connectivity index (χ0n) is 17.3. The van der Waals surface area contributed by atoms with Crippen LogP contribution in [0.15, 0.2) is 93.3 Å². The van der Waals surface area contributed by atoms with Crippen molar-refractivity contribution in [3.05, 3.63) is 83.9 Å². The summed E-state index contributed by atoms with van der Waals surface area (Å²) >= 11 is 0. The van der Waals surface area contributed by atoms with E-state index in [1.54, 1.807) is 0 Å². The van der Waals surface area contributed by atoms with E-state index in [0.29, 0.717) is 0 Å². The molecule has 0 aromatic heterocycles. The van der Waals surface area contributed by atoms with Crippen LogP contribution in [-0.2, 0) is 12.8 Å². The van der Waals surface area contributed by atoms with Crippen molar-refractivity contribution < 1.29 is 0 Å². The van der Waals surface area contributed by atoms with Crippen molar-refractivity contribution in [2.24, 2.45) is 20.5 Å². The molecule has 0 fully saturated rings. The Balaban J connectivity index is 1.57. The van der Waals surface area contributed by atoms with Crippen LogP contribution in [0.25, 0.3) is 0 Å². The number of aryl methyl sites for hydroxylation is 2. The van der Waals surface area contributed by atoms with Gasteiger partial charge in [-0.1, -0.05) is 51.0 Å². The lowest BCUT2D eigenvalue weighted by atomic mass is 10.1. The minimum absolute atomic E-state index is 0.793. The summed E-state index contributed by atoms with van der Waals surface area (Å²) in [6.07, 6.45) is 5.79. The summed E-state index contributed by atoms with van der Waals surface area (Å²) in [4.78, 5) is 0. The molecule has 0 bridgehead atoms. The molecule has 0 atom stereocenters. The van der Waals surface area contributed by atoms with E-state index in [-0.39, 0.29) is 0 Å². The lowest BCUT2D eigenvalue weighted by molar-refractivity contribution is 0.795. The number of rotatable bonds is 9. The Morgan fingerprint density at radius 1 is 0.448 bits per heavy atom. The normalized spacial score (nSPS) is 11.5. The van der Waals surface area contributed by atoms with Crippen molar-refractivity contribution in [3.8, 4) is 0 Å². The number of hydrogen-bond acceptors (Lipinski definition) is 4. The fourth-order valence-electron chi connectivity index (χ4n) is 2.95. The van der Waals surface area contributed by atoms with Crippen LogP contribution in [0.5, 0.6) is 0 Å². The maximum absolute atomic E-state index is 4.32. The van der Waals surface area contributed by atoms with E-state index in [0.717, 1.165) is 42.0 Å². The number of unbranched alkanes of at least 4 members (excludes halogenated alkanes) is 1. The Kier molecular flexibility index (Phi) is 7.81. The lowest BCUT2D eigenvalue weighted by Crippen LogP contribution is -1.82. The third-order valence-electron chi connectivity index (χ3n) is 4.64. The zero-order valence-corrected chi connectivity index (χ0v) is 17.3. The number of hydrogen-bond donors (Lipinski definition) is 0. The van der Waals surface area contributed by atoms with Gasteiger partial charge in [0.2, 0.25) is 0 Å². The minimum atomic E-state index is 0.793. The van der Waals surface area contributed by atoms with E-state index in [2.05, 4.69) is 58.6 Å². The van der Waals surface area contributed by atoms with E-state index >= 15 is 0 Å². The van der Waals surface area contributed by atoms with E-state index in [9.17, 15) is 0 Å². The van der Waals surface area contributed by atoms with Gasteiger partial charge in [0.1, 0.15) is 0 Å². The summed E-state index contributed by atoms with van der Waals surface area (Å²) in [5.41, 5.74) is 5.98. The van der Waals surface area contributed by atoms with Gasteiger partial charge >= 0.3 is 0 Å². The van der Waals surface area contributed by atoms with Crippen LogP contribution in [-0.4, -0.2) is 0 Å². The Labute approximate surface area is 173 Å². The lowest BCUT2D eigenvalue weighted by Gasteiger charge is -2.00. The van der Waals surface area contributed by atoms with Crippen molar-refractivity contribution >= 4 is 22.7 Å². The Hall–Kier alpha value is -3.14. The minimum Gasteiger partial charge on any atom is -0.151 e. The van der Waals surface area contributed by atoms with Crippen molar-refractivity contribution in [2.45, 2.75) is 46.0 Å². The molecule has 0 saturated heterocycles. The third kappa shape index (κ3) is 6.75. The van der Waals surface area contributed by atoms with Crippen LogP contribution in [0.1, 0.15) is 44.2 Å². The van der Waals surface area contributed by atoms with Gasteiger partial charge in [-0.15, -0.1) is 0 Å².